The van der Waals surface area contributed by atoms with E-state index in [9.17, 15) is 9.59 Å². The molecule has 1 saturated carbocycles. The summed E-state index contributed by atoms with van der Waals surface area (Å²) in [6.07, 6.45) is 1.84. The fourth-order valence-corrected chi connectivity index (χ4v) is 4.77. The summed E-state index contributed by atoms with van der Waals surface area (Å²) in [5.41, 5.74) is 1.97. The smallest absolute Gasteiger partial charge is 0.249 e. The predicted molar refractivity (Wildman–Crippen MR) is 132 cm³/mol. The molecule has 182 valence electrons. The minimum absolute atomic E-state index is 0.0360. The van der Waals surface area contributed by atoms with Gasteiger partial charge in [-0.25, -0.2) is 0 Å². The molecule has 0 unspecified atom stereocenters. The lowest BCUT2D eigenvalue weighted by atomic mass is 10.2. The van der Waals surface area contributed by atoms with Gasteiger partial charge in [-0.1, -0.05) is 42.5 Å². The van der Waals surface area contributed by atoms with Crippen molar-refractivity contribution in [3.05, 3.63) is 82.0 Å². The fraction of sp³-hybridized carbons (Fsp3) is 0.333. The number of hydrogen-bond acceptors (Lipinski definition) is 6. The van der Waals surface area contributed by atoms with Crippen LogP contribution in [0.5, 0.6) is 11.5 Å². The third-order valence-corrected chi connectivity index (χ3v) is 6.90. The maximum atomic E-state index is 13.5. The zero-order valence-electron chi connectivity index (χ0n) is 19.4. The summed E-state index contributed by atoms with van der Waals surface area (Å²) in [6.45, 7) is 1.50. The van der Waals surface area contributed by atoms with Crippen LogP contribution in [0.25, 0.3) is 0 Å². The molecule has 3 aromatic rings. The third-order valence-electron chi connectivity index (χ3n) is 6.04. The van der Waals surface area contributed by atoms with Crippen molar-refractivity contribution in [2.45, 2.75) is 38.6 Å². The zero-order chi connectivity index (χ0) is 24.0. The Bertz CT molecular complexity index is 1150. The van der Waals surface area contributed by atoms with Gasteiger partial charge in [-0.15, -0.1) is 11.3 Å². The van der Waals surface area contributed by atoms with Crippen molar-refractivity contribution < 1.29 is 23.8 Å². The lowest BCUT2D eigenvalue weighted by molar-refractivity contribution is -0.144. The van der Waals surface area contributed by atoms with Gasteiger partial charge >= 0.3 is 0 Å². The van der Waals surface area contributed by atoms with Gasteiger partial charge < -0.3 is 24.0 Å². The van der Waals surface area contributed by atoms with Crippen LogP contribution in [-0.2, 0) is 34.0 Å². The highest BCUT2D eigenvalue weighted by Crippen LogP contribution is 2.33. The Labute approximate surface area is 208 Å². The molecule has 1 aromatic heterocycles. The first-order valence-electron chi connectivity index (χ1n) is 11.8. The van der Waals surface area contributed by atoms with Crippen LogP contribution >= 0.6 is 11.3 Å². The van der Waals surface area contributed by atoms with E-state index in [2.05, 4.69) is 0 Å². The van der Waals surface area contributed by atoms with Crippen LogP contribution in [0.4, 0.5) is 0 Å². The van der Waals surface area contributed by atoms with Crippen molar-refractivity contribution in [2.75, 3.05) is 19.9 Å². The molecule has 0 saturated heterocycles. The highest BCUT2D eigenvalue weighted by molar-refractivity contribution is 7.09. The summed E-state index contributed by atoms with van der Waals surface area (Å²) < 4.78 is 16.6. The Morgan fingerprint density at radius 1 is 0.914 bits per heavy atom. The van der Waals surface area contributed by atoms with Gasteiger partial charge in [0.1, 0.15) is 13.2 Å². The molecule has 2 aliphatic rings. The molecule has 0 spiro atoms. The number of carbonyl (C=O) groups excluding carboxylic acids is 2. The standard InChI is InChI=1S/C27H28N2O5S/c30-26(16-29(22-9-10-22)27(31)18-32-17-20-5-2-1-3-6-20)28(15-23-7-4-12-35-23)14-21-8-11-24-25(13-21)34-19-33-24/h1-8,11-13,22H,9-10,14-19H2. The molecule has 35 heavy (non-hydrogen) atoms. The molecule has 0 atom stereocenters. The number of ether oxygens (including phenoxy) is 3. The predicted octanol–water partition coefficient (Wildman–Crippen LogP) is 4.21. The van der Waals surface area contributed by atoms with Crippen molar-refractivity contribution in [1.29, 1.82) is 0 Å². The molecular formula is C27H28N2O5S. The van der Waals surface area contributed by atoms with Crippen molar-refractivity contribution >= 4 is 23.2 Å². The van der Waals surface area contributed by atoms with Gasteiger partial charge in [0.05, 0.1) is 13.2 Å². The second-order valence-corrected chi connectivity index (χ2v) is 9.78. The summed E-state index contributed by atoms with van der Waals surface area (Å²) in [5.74, 6) is 1.18. The minimum atomic E-state index is -0.143. The first-order valence-corrected chi connectivity index (χ1v) is 12.6. The average Bonchev–Trinajstić information content (AvgIpc) is 3.37. The van der Waals surface area contributed by atoms with Crippen LogP contribution in [0, 0.1) is 0 Å². The van der Waals surface area contributed by atoms with Gasteiger partial charge in [0.2, 0.25) is 18.6 Å². The Kier molecular flexibility index (Phi) is 7.30. The highest BCUT2D eigenvalue weighted by Gasteiger charge is 2.35. The van der Waals surface area contributed by atoms with Gasteiger partial charge in [0, 0.05) is 17.5 Å². The molecule has 1 aliphatic heterocycles. The zero-order valence-corrected chi connectivity index (χ0v) is 20.2. The van der Waals surface area contributed by atoms with Gasteiger partial charge in [-0.2, -0.15) is 0 Å². The van der Waals surface area contributed by atoms with Crippen LogP contribution in [0.1, 0.15) is 28.8 Å². The summed E-state index contributed by atoms with van der Waals surface area (Å²) in [4.78, 5) is 31.1. The van der Waals surface area contributed by atoms with Crippen molar-refractivity contribution in [1.82, 2.24) is 9.80 Å². The summed E-state index contributed by atoms with van der Waals surface area (Å²) in [6, 6.07) is 19.6. The quantitative estimate of drug-likeness (QED) is 0.401. The number of benzene rings is 2. The maximum Gasteiger partial charge on any atom is 0.249 e. The molecule has 8 heteroatoms. The first-order chi connectivity index (χ1) is 17.2. The molecule has 2 aromatic carbocycles. The normalized spacial score (nSPS) is 14.1. The van der Waals surface area contributed by atoms with Crippen LogP contribution in [0.3, 0.4) is 0 Å². The first kappa shape index (κ1) is 23.4. The fourth-order valence-electron chi connectivity index (χ4n) is 4.05. The van der Waals surface area contributed by atoms with E-state index < -0.39 is 0 Å². The molecule has 1 aliphatic carbocycles. The largest absolute Gasteiger partial charge is 0.454 e. The lowest BCUT2D eigenvalue weighted by Crippen LogP contribution is -2.44. The number of carbonyl (C=O) groups is 2. The van der Waals surface area contributed by atoms with E-state index in [0.29, 0.717) is 31.2 Å². The summed E-state index contributed by atoms with van der Waals surface area (Å²) >= 11 is 1.61. The Balaban J connectivity index is 1.24. The molecule has 0 radical (unpaired) electrons. The second-order valence-electron chi connectivity index (χ2n) is 8.75. The summed E-state index contributed by atoms with van der Waals surface area (Å²) in [7, 11) is 0. The lowest BCUT2D eigenvalue weighted by Gasteiger charge is -2.28. The number of rotatable bonds is 11. The highest BCUT2D eigenvalue weighted by atomic mass is 32.1. The minimum Gasteiger partial charge on any atom is -0.454 e. The van der Waals surface area contributed by atoms with Crippen molar-refractivity contribution in [2.24, 2.45) is 0 Å². The van der Waals surface area contributed by atoms with Crippen molar-refractivity contribution in [3.8, 4) is 11.5 Å². The Morgan fingerprint density at radius 3 is 2.51 bits per heavy atom. The van der Waals surface area contributed by atoms with Gasteiger partial charge in [0.25, 0.3) is 0 Å². The third kappa shape index (κ3) is 6.21. The van der Waals surface area contributed by atoms with E-state index in [1.807, 2.05) is 66.0 Å². The monoisotopic (exact) mass is 492 g/mol. The van der Waals surface area contributed by atoms with Crippen LogP contribution < -0.4 is 9.47 Å². The topological polar surface area (TPSA) is 68.3 Å². The van der Waals surface area contributed by atoms with Crippen LogP contribution in [0.2, 0.25) is 0 Å². The molecule has 0 bridgehead atoms. The van der Waals surface area contributed by atoms with Crippen LogP contribution in [0.15, 0.2) is 66.0 Å². The molecule has 7 nitrogen and oxygen atoms in total. The van der Waals surface area contributed by atoms with Gasteiger partial charge in [-0.05, 0) is 47.5 Å². The van der Waals surface area contributed by atoms with Crippen molar-refractivity contribution in [3.63, 3.8) is 0 Å². The molecule has 0 N–H and O–H groups in total. The van der Waals surface area contributed by atoms with E-state index in [1.54, 1.807) is 21.1 Å². The molecule has 5 rings (SSSR count). The number of fused-ring (bicyclic) bond motifs is 1. The number of thiophene rings is 1. The molecule has 1 fully saturated rings. The second kappa shape index (κ2) is 10.9. The SMILES string of the molecule is O=C(CN(C(=O)COCc1ccccc1)C1CC1)N(Cc1ccc2c(c1)OCO2)Cc1cccs1. The number of amides is 2. The number of nitrogens with zero attached hydrogens (tertiary/aromatic N) is 2. The molecular weight excluding hydrogens is 464 g/mol. The van der Waals surface area contributed by atoms with Gasteiger partial charge in [-0.3, -0.25) is 9.59 Å². The van der Waals surface area contributed by atoms with Gasteiger partial charge in [0.15, 0.2) is 11.5 Å². The average molecular weight is 493 g/mol. The molecule has 2 heterocycles. The van der Waals surface area contributed by atoms with E-state index in [1.165, 1.54) is 0 Å². The number of hydrogen-bond donors (Lipinski definition) is 0. The summed E-state index contributed by atoms with van der Waals surface area (Å²) in [5, 5.41) is 2.00. The Morgan fingerprint density at radius 2 is 1.74 bits per heavy atom. The van der Waals surface area contributed by atoms with Crippen LogP contribution in [-0.4, -0.2) is 47.6 Å². The van der Waals surface area contributed by atoms with E-state index in [4.69, 9.17) is 14.2 Å². The molecule has 2 amide bonds. The van der Waals surface area contributed by atoms with E-state index >= 15 is 0 Å². The van der Waals surface area contributed by atoms with E-state index in [-0.39, 0.29) is 37.8 Å². The van der Waals surface area contributed by atoms with E-state index in [0.717, 1.165) is 28.8 Å². The maximum absolute atomic E-state index is 13.5. The Hall–Kier alpha value is -3.36.